The van der Waals surface area contributed by atoms with Crippen molar-refractivity contribution in [1.29, 1.82) is 0 Å². The number of carbonyl (C=O) groups is 1. The summed E-state index contributed by atoms with van der Waals surface area (Å²) in [5.41, 5.74) is 1.11. The quantitative estimate of drug-likeness (QED) is 0.850. The van der Waals surface area contributed by atoms with E-state index in [9.17, 15) is 9.18 Å². The van der Waals surface area contributed by atoms with Crippen molar-refractivity contribution in [2.75, 3.05) is 6.61 Å². The molecule has 1 fully saturated rings. The molecule has 5 heteroatoms. The van der Waals surface area contributed by atoms with Gasteiger partial charge in [0.05, 0.1) is 18.5 Å². The molecule has 1 aliphatic rings. The fourth-order valence-corrected chi connectivity index (χ4v) is 3.12. The normalized spacial score (nSPS) is 22.7. The van der Waals surface area contributed by atoms with E-state index in [-0.39, 0.29) is 17.5 Å². The molecule has 1 aliphatic carbocycles. The molecule has 23 heavy (non-hydrogen) atoms. The van der Waals surface area contributed by atoms with Crippen LogP contribution in [0.3, 0.4) is 0 Å². The summed E-state index contributed by atoms with van der Waals surface area (Å²) in [4.78, 5) is 20.2. The first-order valence-electron chi connectivity index (χ1n) is 7.62. The van der Waals surface area contributed by atoms with Crippen LogP contribution in [0.4, 0.5) is 4.39 Å². The van der Waals surface area contributed by atoms with Crippen LogP contribution >= 0.6 is 0 Å². The summed E-state index contributed by atoms with van der Waals surface area (Å²) in [6.45, 7) is 5.56. The van der Waals surface area contributed by atoms with Crippen molar-refractivity contribution in [2.45, 2.75) is 32.6 Å². The molecule has 1 aromatic carbocycles. The third-order valence-electron chi connectivity index (χ3n) is 4.51. The maximum atomic E-state index is 13.6. The Labute approximate surface area is 134 Å². The Kier molecular flexibility index (Phi) is 3.88. The van der Waals surface area contributed by atoms with Crippen LogP contribution in [-0.4, -0.2) is 22.4 Å². The van der Waals surface area contributed by atoms with Crippen molar-refractivity contribution in [3.63, 3.8) is 0 Å². The smallest absolute Gasteiger partial charge is 0.158 e. The fourth-order valence-electron chi connectivity index (χ4n) is 3.12. The zero-order valence-corrected chi connectivity index (χ0v) is 13.5. The fraction of sp³-hybridized carbons (Fsp3) is 0.389. The van der Waals surface area contributed by atoms with Crippen molar-refractivity contribution in [3.05, 3.63) is 53.4 Å². The number of ketones is 1. The molecule has 0 N–H and O–H groups in total. The van der Waals surface area contributed by atoms with E-state index in [1.54, 1.807) is 19.2 Å². The molecule has 2 aromatic rings. The van der Waals surface area contributed by atoms with Gasteiger partial charge < -0.3 is 4.74 Å². The number of hydrogen-bond donors (Lipinski definition) is 0. The first kappa shape index (κ1) is 15.6. The number of benzene rings is 1. The van der Waals surface area contributed by atoms with Crippen LogP contribution in [0, 0.1) is 25.6 Å². The first-order valence-corrected chi connectivity index (χ1v) is 7.62. The molecule has 0 amide bonds. The van der Waals surface area contributed by atoms with Gasteiger partial charge in [-0.05, 0) is 44.9 Å². The number of carbonyl (C=O) groups excluding carboxylic acids is 1. The standard InChI is InChI=1S/C18H19FN2O2/c1-11-17(9-20-13(3)21-11)23-10-18(8-16(18)12(2)22)14-5-4-6-15(19)7-14/h4-7,9,16H,8,10H2,1-3H3/t16?,18-/m1/s1. The summed E-state index contributed by atoms with van der Waals surface area (Å²) in [7, 11) is 0. The Balaban J connectivity index is 1.85. The molecule has 4 nitrogen and oxygen atoms in total. The molecule has 0 bridgehead atoms. The zero-order chi connectivity index (χ0) is 16.6. The summed E-state index contributed by atoms with van der Waals surface area (Å²) in [6.07, 6.45) is 2.32. The van der Waals surface area contributed by atoms with Gasteiger partial charge >= 0.3 is 0 Å². The van der Waals surface area contributed by atoms with E-state index in [2.05, 4.69) is 9.97 Å². The summed E-state index contributed by atoms with van der Waals surface area (Å²) >= 11 is 0. The lowest BCUT2D eigenvalue weighted by atomic mass is 9.93. The second kappa shape index (κ2) is 5.72. The van der Waals surface area contributed by atoms with Crippen molar-refractivity contribution in [2.24, 2.45) is 5.92 Å². The number of rotatable bonds is 5. The molecule has 1 saturated carbocycles. The van der Waals surface area contributed by atoms with Crippen molar-refractivity contribution >= 4 is 5.78 Å². The highest BCUT2D eigenvalue weighted by Crippen LogP contribution is 2.55. The number of aromatic nitrogens is 2. The highest BCUT2D eigenvalue weighted by molar-refractivity contribution is 5.84. The molecule has 120 valence electrons. The Hall–Kier alpha value is -2.30. The first-order chi connectivity index (χ1) is 10.9. The lowest BCUT2D eigenvalue weighted by molar-refractivity contribution is -0.118. The predicted molar refractivity (Wildman–Crippen MR) is 83.9 cm³/mol. The van der Waals surface area contributed by atoms with Gasteiger partial charge in [-0.25, -0.2) is 14.4 Å². The van der Waals surface area contributed by atoms with Crippen LogP contribution in [0.5, 0.6) is 5.75 Å². The average Bonchev–Trinajstić information content (AvgIpc) is 3.23. The summed E-state index contributed by atoms with van der Waals surface area (Å²) in [6, 6.07) is 6.42. The summed E-state index contributed by atoms with van der Waals surface area (Å²) in [5, 5.41) is 0. The van der Waals surface area contributed by atoms with Gasteiger partial charge in [-0.1, -0.05) is 12.1 Å². The highest BCUT2D eigenvalue weighted by Gasteiger charge is 2.58. The van der Waals surface area contributed by atoms with E-state index in [0.717, 1.165) is 11.3 Å². The lowest BCUT2D eigenvalue weighted by Gasteiger charge is -2.19. The molecule has 1 heterocycles. The van der Waals surface area contributed by atoms with Crippen LogP contribution < -0.4 is 4.74 Å². The van der Waals surface area contributed by atoms with Gasteiger partial charge in [-0.15, -0.1) is 0 Å². The van der Waals surface area contributed by atoms with Gasteiger partial charge in [0.2, 0.25) is 0 Å². The lowest BCUT2D eigenvalue weighted by Crippen LogP contribution is -2.23. The Morgan fingerprint density at radius 2 is 2.22 bits per heavy atom. The van der Waals surface area contributed by atoms with E-state index in [1.165, 1.54) is 12.1 Å². The average molecular weight is 314 g/mol. The van der Waals surface area contributed by atoms with Gasteiger partial charge in [0, 0.05) is 11.3 Å². The third-order valence-corrected chi connectivity index (χ3v) is 4.51. The van der Waals surface area contributed by atoms with Crippen molar-refractivity contribution < 1.29 is 13.9 Å². The van der Waals surface area contributed by atoms with Crippen LogP contribution in [-0.2, 0) is 10.2 Å². The number of ether oxygens (including phenoxy) is 1. The SMILES string of the molecule is CC(=O)C1C[C@@]1(COc1cnc(C)nc1C)c1cccc(F)c1. The monoisotopic (exact) mass is 314 g/mol. The van der Waals surface area contributed by atoms with Crippen molar-refractivity contribution in [1.82, 2.24) is 9.97 Å². The Bertz CT molecular complexity index is 762. The second-order valence-electron chi connectivity index (χ2n) is 6.19. The molecular formula is C18H19FN2O2. The number of aryl methyl sites for hydroxylation is 2. The zero-order valence-electron chi connectivity index (χ0n) is 13.5. The molecule has 1 unspecified atom stereocenters. The maximum Gasteiger partial charge on any atom is 0.158 e. The molecule has 0 saturated heterocycles. The van der Waals surface area contributed by atoms with Gasteiger partial charge in [0.15, 0.2) is 5.75 Å². The number of nitrogens with zero attached hydrogens (tertiary/aromatic N) is 2. The van der Waals surface area contributed by atoms with E-state index in [1.807, 2.05) is 19.9 Å². The third kappa shape index (κ3) is 2.96. The summed E-state index contributed by atoms with van der Waals surface area (Å²) < 4.78 is 19.5. The molecule has 1 aromatic heterocycles. The maximum absolute atomic E-state index is 13.6. The Morgan fingerprint density at radius 1 is 1.43 bits per heavy atom. The van der Waals surface area contributed by atoms with E-state index in [0.29, 0.717) is 24.6 Å². The number of hydrogen-bond acceptors (Lipinski definition) is 4. The molecule has 3 rings (SSSR count). The van der Waals surface area contributed by atoms with E-state index >= 15 is 0 Å². The molecule has 0 spiro atoms. The van der Waals surface area contributed by atoms with E-state index < -0.39 is 5.41 Å². The van der Waals surface area contributed by atoms with Crippen LogP contribution in [0.1, 0.15) is 30.4 Å². The highest BCUT2D eigenvalue weighted by atomic mass is 19.1. The van der Waals surface area contributed by atoms with Gasteiger partial charge in [-0.3, -0.25) is 4.79 Å². The Morgan fingerprint density at radius 3 is 2.83 bits per heavy atom. The van der Waals surface area contributed by atoms with Gasteiger partial charge in [0.1, 0.15) is 17.4 Å². The van der Waals surface area contributed by atoms with Crippen molar-refractivity contribution in [3.8, 4) is 5.75 Å². The van der Waals surface area contributed by atoms with Crippen LogP contribution in [0.15, 0.2) is 30.5 Å². The number of halogens is 1. The minimum Gasteiger partial charge on any atom is -0.489 e. The molecule has 2 atom stereocenters. The second-order valence-corrected chi connectivity index (χ2v) is 6.19. The van der Waals surface area contributed by atoms with Gasteiger partial charge in [0.25, 0.3) is 0 Å². The van der Waals surface area contributed by atoms with Gasteiger partial charge in [-0.2, -0.15) is 0 Å². The largest absolute Gasteiger partial charge is 0.489 e. The molecule has 0 radical (unpaired) electrons. The van der Waals surface area contributed by atoms with E-state index in [4.69, 9.17) is 4.74 Å². The minimum absolute atomic E-state index is 0.106. The summed E-state index contributed by atoms with van der Waals surface area (Å²) in [5.74, 6) is 0.958. The molecule has 0 aliphatic heterocycles. The molecular weight excluding hydrogens is 295 g/mol. The number of Topliss-reactive ketones (excluding diaryl/α,β-unsaturated/α-hetero) is 1. The van der Waals surface area contributed by atoms with Crippen LogP contribution in [0.25, 0.3) is 0 Å². The van der Waals surface area contributed by atoms with Crippen LogP contribution in [0.2, 0.25) is 0 Å². The topological polar surface area (TPSA) is 52.1 Å². The predicted octanol–water partition coefficient (Wildman–Crippen LogP) is 3.16. The minimum atomic E-state index is -0.453.